The van der Waals surface area contributed by atoms with Crippen LogP contribution in [0.4, 0.5) is 5.13 Å². The molecule has 0 bridgehead atoms. The Labute approximate surface area is 131 Å². The summed E-state index contributed by atoms with van der Waals surface area (Å²) in [5, 5.41) is 6.52. The maximum absolute atomic E-state index is 4.71. The van der Waals surface area contributed by atoms with Gasteiger partial charge in [-0.15, -0.1) is 11.3 Å². The molecule has 1 aromatic carbocycles. The van der Waals surface area contributed by atoms with E-state index < -0.39 is 0 Å². The highest BCUT2D eigenvalue weighted by Crippen LogP contribution is 2.27. The van der Waals surface area contributed by atoms with E-state index in [4.69, 9.17) is 4.98 Å². The summed E-state index contributed by atoms with van der Waals surface area (Å²) < 4.78 is 0. The molecule has 1 aliphatic rings. The molecule has 0 amide bonds. The minimum Gasteiger partial charge on any atom is -0.348 e. The maximum Gasteiger partial charge on any atom is 0.185 e. The molecular weight excluding hydrogens is 278 g/mol. The number of hydrogen-bond donors (Lipinski definition) is 1. The zero-order valence-electron chi connectivity index (χ0n) is 12.6. The predicted octanol–water partition coefficient (Wildman–Crippen LogP) is 3.32. The van der Waals surface area contributed by atoms with Crippen molar-refractivity contribution in [3.63, 3.8) is 0 Å². The Kier molecular flexibility index (Phi) is 4.88. The van der Waals surface area contributed by atoms with Gasteiger partial charge in [0.25, 0.3) is 0 Å². The summed E-state index contributed by atoms with van der Waals surface area (Å²) in [5.74, 6) is 0.820. The standard InChI is InChI=1S/C17H23N3S/c1-18-12-16-13-21-17(19-16)20-9-7-15(8-10-20)11-14-5-3-2-4-6-14/h2-6,13,15,18H,7-12H2,1H3. The van der Waals surface area contributed by atoms with Crippen LogP contribution in [-0.4, -0.2) is 25.1 Å². The SMILES string of the molecule is CNCc1csc(N2CCC(Cc3ccccc3)CC2)n1. The summed E-state index contributed by atoms with van der Waals surface area (Å²) in [6.07, 6.45) is 3.77. The van der Waals surface area contributed by atoms with Gasteiger partial charge in [0, 0.05) is 25.0 Å². The molecule has 0 spiro atoms. The fraction of sp³-hybridized carbons (Fsp3) is 0.471. The lowest BCUT2D eigenvalue weighted by molar-refractivity contribution is 0.403. The topological polar surface area (TPSA) is 28.2 Å². The Morgan fingerprint density at radius 1 is 1.24 bits per heavy atom. The Bertz CT molecular complexity index is 544. The summed E-state index contributed by atoms with van der Waals surface area (Å²) in [6.45, 7) is 3.15. The molecule has 3 rings (SSSR count). The number of nitrogens with one attached hydrogen (secondary N) is 1. The van der Waals surface area contributed by atoms with Crippen LogP contribution < -0.4 is 10.2 Å². The largest absolute Gasteiger partial charge is 0.348 e. The highest BCUT2D eigenvalue weighted by Gasteiger charge is 2.21. The zero-order chi connectivity index (χ0) is 14.5. The molecule has 112 valence electrons. The van der Waals surface area contributed by atoms with E-state index in [1.165, 1.54) is 30.0 Å². The van der Waals surface area contributed by atoms with Crippen molar-refractivity contribution >= 4 is 16.5 Å². The molecule has 0 unspecified atom stereocenters. The molecule has 1 aliphatic heterocycles. The Hall–Kier alpha value is -1.39. The minimum absolute atomic E-state index is 0.820. The molecule has 2 aromatic rings. The van der Waals surface area contributed by atoms with E-state index in [0.717, 1.165) is 31.2 Å². The van der Waals surface area contributed by atoms with Crippen molar-refractivity contribution in [3.05, 3.63) is 47.0 Å². The van der Waals surface area contributed by atoms with E-state index in [2.05, 4.69) is 45.9 Å². The summed E-state index contributed by atoms with van der Waals surface area (Å²) in [5.41, 5.74) is 2.63. The molecule has 0 atom stereocenters. The van der Waals surface area contributed by atoms with Gasteiger partial charge in [0.05, 0.1) is 5.69 Å². The van der Waals surface area contributed by atoms with E-state index in [1.54, 1.807) is 11.3 Å². The number of anilines is 1. The lowest BCUT2D eigenvalue weighted by Gasteiger charge is -2.31. The molecule has 0 aliphatic carbocycles. The van der Waals surface area contributed by atoms with Crippen LogP contribution >= 0.6 is 11.3 Å². The molecule has 3 nitrogen and oxygen atoms in total. The Morgan fingerprint density at radius 2 is 2.00 bits per heavy atom. The highest BCUT2D eigenvalue weighted by atomic mass is 32.1. The normalized spacial score (nSPS) is 16.3. The van der Waals surface area contributed by atoms with Crippen LogP contribution in [0.1, 0.15) is 24.1 Å². The third-order valence-corrected chi connectivity index (χ3v) is 5.10. The average molecular weight is 301 g/mol. The van der Waals surface area contributed by atoms with Crippen molar-refractivity contribution in [1.82, 2.24) is 10.3 Å². The smallest absolute Gasteiger partial charge is 0.185 e. The van der Waals surface area contributed by atoms with Gasteiger partial charge in [-0.1, -0.05) is 30.3 Å². The Balaban J connectivity index is 1.52. The van der Waals surface area contributed by atoms with Crippen LogP contribution in [0.15, 0.2) is 35.7 Å². The first-order valence-electron chi connectivity index (χ1n) is 7.73. The van der Waals surface area contributed by atoms with Crippen LogP contribution in [-0.2, 0) is 13.0 Å². The third-order valence-electron chi connectivity index (χ3n) is 4.15. The fourth-order valence-corrected chi connectivity index (χ4v) is 3.86. The second-order valence-electron chi connectivity index (χ2n) is 5.77. The zero-order valence-corrected chi connectivity index (χ0v) is 13.4. The van der Waals surface area contributed by atoms with Crippen LogP contribution in [0.25, 0.3) is 0 Å². The van der Waals surface area contributed by atoms with Crippen molar-refractivity contribution in [2.75, 3.05) is 25.0 Å². The Morgan fingerprint density at radius 3 is 2.71 bits per heavy atom. The monoisotopic (exact) mass is 301 g/mol. The minimum atomic E-state index is 0.820. The predicted molar refractivity (Wildman–Crippen MR) is 90.0 cm³/mol. The maximum atomic E-state index is 4.71. The lowest BCUT2D eigenvalue weighted by atomic mass is 9.90. The van der Waals surface area contributed by atoms with Gasteiger partial charge in [-0.3, -0.25) is 0 Å². The number of benzene rings is 1. The molecular formula is C17H23N3S. The van der Waals surface area contributed by atoms with Gasteiger partial charge in [0.2, 0.25) is 0 Å². The summed E-state index contributed by atoms with van der Waals surface area (Å²) in [6, 6.07) is 10.9. The van der Waals surface area contributed by atoms with Gasteiger partial charge in [-0.05, 0) is 37.8 Å². The van der Waals surface area contributed by atoms with Gasteiger partial charge in [-0.2, -0.15) is 0 Å². The molecule has 2 heterocycles. The number of nitrogens with zero attached hydrogens (tertiary/aromatic N) is 2. The molecule has 1 aromatic heterocycles. The third kappa shape index (κ3) is 3.83. The van der Waals surface area contributed by atoms with E-state index in [9.17, 15) is 0 Å². The molecule has 1 N–H and O–H groups in total. The first-order chi connectivity index (χ1) is 10.3. The fourth-order valence-electron chi connectivity index (χ4n) is 2.98. The molecule has 1 saturated heterocycles. The summed E-state index contributed by atoms with van der Waals surface area (Å²) >= 11 is 1.78. The molecule has 0 radical (unpaired) electrons. The van der Waals surface area contributed by atoms with Crippen molar-refractivity contribution in [3.8, 4) is 0 Å². The van der Waals surface area contributed by atoms with E-state index >= 15 is 0 Å². The summed E-state index contributed by atoms with van der Waals surface area (Å²) in [7, 11) is 1.97. The van der Waals surface area contributed by atoms with E-state index in [0.29, 0.717) is 0 Å². The summed E-state index contributed by atoms with van der Waals surface area (Å²) in [4.78, 5) is 7.16. The number of rotatable bonds is 5. The van der Waals surface area contributed by atoms with Gasteiger partial charge in [0.15, 0.2) is 5.13 Å². The van der Waals surface area contributed by atoms with E-state index in [-0.39, 0.29) is 0 Å². The quantitative estimate of drug-likeness (QED) is 0.918. The van der Waals surface area contributed by atoms with Crippen molar-refractivity contribution in [2.24, 2.45) is 5.92 Å². The molecule has 0 saturated carbocycles. The number of aromatic nitrogens is 1. The molecule has 4 heteroatoms. The van der Waals surface area contributed by atoms with Gasteiger partial charge in [-0.25, -0.2) is 4.98 Å². The van der Waals surface area contributed by atoms with Crippen LogP contribution in [0.3, 0.4) is 0 Å². The number of hydrogen-bond acceptors (Lipinski definition) is 4. The second-order valence-corrected chi connectivity index (χ2v) is 6.61. The van der Waals surface area contributed by atoms with Crippen molar-refractivity contribution in [2.45, 2.75) is 25.8 Å². The van der Waals surface area contributed by atoms with Crippen molar-refractivity contribution in [1.29, 1.82) is 0 Å². The number of piperidine rings is 1. The average Bonchev–Trinajstić information content (AvgIpc) is 2.98. The second kappa shape index (κ2) is 7.05. The first kappa shape index (κ1) is 14.5. The van der Waals surface area contributed by atoms with Crippen LogP contribution in [0.2, 0.25) is 0 Å². The van der Waals surface area contributed by atoms with Gasteiger partial charge in [0.1, 0.15) is 0 Å². The van der Waals surface area contributed by atoms with Crippen LogP contribution in [0, 0.1) is 5.92 Å². The van der Waals surface area contributed by atoms with Crippen LogP contribution in [0.5, 0.6) is 0 Å². The van der Waals surface area contributed by atoms with Gasteiger partial charge < -0.3 is 10.2 Å². The molecule has 21 heavy (non-hydrogen) atoms. The van der Waals surface area contributed by atoms with Gasteiger partial charge >= 0.3 is 0 Å². The highest BCUT2D eigenvalue weighted by molar-refractivity contribution is 7.13. The molecule has 1 fully saturated rings. The van der Waals surface area contributed by atoms with E-state index in [1.807, 2.05) is 7.05 Å². The first-order valence-corrected chi connectivity index (χ1v) is 8.61. The van der Waals surface area contributed by atoms with Crippen molar-refractivity contribution < 1.29 is 0 Å². The lowest BCUT2D eigenvalue weighted by Crippen LogP contribution is -2.34. The number of thiazole rings is 1.